The molecule has 0 N–H and O–H groups in total. The van der Waals surface area contributed by atoms with Gasteiger partial charge in [0.05, 0.1) is 30.0 Å². The molecule has 3 aromatic heterocycles. The Kier molecular flexibility index (Phi) is 4.24. The van der Waals surface area contributed by atoms with E-state index in [2.05, 4.69) is 26.9 Å². The van der Waals surface area contributed by atoms with Gasteiger partial charge in [-0.3, -0.25) is 0 Å². The fourth-order valence-electron chi connectivity index (χ4n) is 2.10. The number of nitrogens with zero attached hydrogens (tertiary/aromatic N) is 6. The molecule has 3 rings (SSSR count). The minimum atomic E-state index is 0.665. The molecule has 0 atom stereocenters. The van der Waals surface area contributed by atoms with Crippen LogP contribution in [0.15, 0.2) is 73.9 Å². The van der Waals surface area contributed by atoms with Crippen LogP contribution in [0.25, 0.3) is 22.8 Å². The molecule has 3 aromatic rings. The summed E-state index contributed by atoms with van der Waals surface area (Å²) in [6, 6.07) is 5.72. The van der Waals surface area contributed by atoms with Gasteiger partial charge in [-0.1, -0.05) is 30.9 Å². The largest absolute Gasteiger partial charge is 0.241 e. The highest BCUT2D eigenvalue weighted by atomic mass is 15.5. The lowest BCUT2D eigenvalue weighted by Gasteiger charge is -2.02. The topological polar surface area (TPSA) is 61.4 Å². The Morgan fingerprint density at radius 1 is 1.17 bits per heavy atom. The van der Waals surface area contributed by atoms with Crippen LogP contribution in [0, 0.1) is 0 Å². The van der Waals surface area contributed by atoms with Gasteiger partial charge < -0.3 is 0 Å². The quantitative estimate of drug-likeness (QED) is 0.679. The SMILES string of the molecule is C=CC=CC(=CC)n1cc(-c2cccc(-n3nccn3)n2)cn1. The third-order valence-electron chi connectivity index (χ3n) is 3.20. The van der Waals surface area contributed by atoms with Crippen molar-refractivity contribution >= 4 is 5.70 Å². The van der Waals surface area contributed by atoms with Crippen LogP contribution in [0.4, 0.5) is 0 Å². The van der Waals surface area contributed by atoms with Crippen LogP contribution in [-0.2, 0) is 0 Å². The first-order valence-corrected chi connectivity index (χ1v) is 7.16. The maximum Gasteiger partial charge on any atom is 0.174 e. The molecule has 0 aliphatic heterocycles. The zero-order chi connectivity index (χ0) is 16.1. The average Bonchev–Trinajstić information content (AvgIpc) is 3.28. The molecule has 0 bridgehead atoms. The Labute approximate surface area is 134 Å². The van der Waals surface area contributed by atoms with Gasteiger partial charge in [0.25, 0.3) is 0 Å². The summed E-state index contributed by atoms with van der Waals surface area (Å²) >= 11 is 0. The van der Waals surface area contributed by atoms with Crippen molar-refractivity contribution in [2.24, 2.45) is 0 Å². The minimum Gasteiger partial charge on any atom is -0.241 e. The van der Waals surface area contributed by atoms with Gasteiger partial charge in [-0.15, -0.1) is 4.80 Å². The Morgan fingerprint density at radius 2 is 2.00 bits per heavy atom. The van der Waals surface area contributed by atoms with Crippen molar-refractivity contribution in [1.29, 1.82) is 0 Å². The molecule has 0 aliphatic carbocycles. The molecule has 0 unspecified atom stereocenters. The van der Waals surface area contributed by atoms with E-state index in [0.29, 0.717) is 5.82 Å². The summed E-state index contributed by atoms with van der Waals surface area (Å²) in [5.41, 5.74) is 2.70. The molecule has 0 radical (unpaired) electrons. The highest BCUT2D eigenvalue weighted by Crippen LogP contribution is 2.19. The lowest BCUT2D eigenvalue weighted by Crippen LogP contribution is -2.01. The van der Waals surface area contributed by atoms with Gasteiger partial charge in [-0.25, -0.2) is 9.67 Å². The number of allylic oxidation sites excluding steroid dienone is 5. The summed E-state index contributed by atoms with van der Waals surface area (Å²) in [5.74, 6) is 0.665. The van der Waals surface area contributed by atoms with Crippen LogP contribution in [0.1, 0.15) is 6.92 Å². The second-order valence-corrected chi connectivity index (χ2v) is 4.68. The van der Waals surface area contributed by atoms with Crippen molar-refractivity contribution in [3.63, 3.8) is 0 Å². The van der Waals surface area contributed by atoms with Crippen LogP contribution in [0.2, 0.25) is 0 Å². The van der Waals surface area contributed by atoms with E-state index in [1.54, 1.807) is 29.3 Å². The molecule has 6 nitrogen and oxygen atoms in total. The van der Waals surface area contributed by atoms with Gasteiger partial charge in [0.2, 0.25) is 0 Å². The third-order valence-corrected chi connectivity index (χ3v) is 3.20. The predicted octanol–water partition coefficient (Wildman–Crippen LogP) is 3.13. The fourth-order valence-corrected chi connectivity index (χ4v) is 2.10. The maximum atomic E-state index is 4.58. The first-order chi connectivity index (χ1) is 11.3. The van der Waals surface area contributed by atoms with Crippen LogP contribution in [0.5, 0.6) is 0 Å². The van der Waals surface area contributed by atoms with Gasteiger partial charge in [-0.2, -0.15) is 15.3 Å². The van der Waals surface area contributed by atoms with Gasteiger partial charge in [0, 0.05) is 11.8 Å². The number of hydrogen-bond acceptors (Lipinski definition) is 4. The molecule has 3 heterocycles. The van der Waals surface area contributed by atoms with Crippen molar-refractivity contribution in [3.8, 4) is 17.1 Å². The van der Waals surface area contributed by atoms with Crippen molar-refractivity contribution in [2.45, 2.75) is 6.92 Å². The zero-order valence-electron chi connectivity index (χ0n) is 12.7. The Morgan fingerprint density at radius 3 is 2.74 bits per heavy atom. The zero-order valence-corrected chi connectivity index (χ0v) is 12.7. The van der Waals surface area contributed by atoms with E-state index in [1.807, 2.05) is 49.5 Å². The fraction of sp³-hybridized carbons (Fsp3) is 0.0588. The smallest absolute Gasteiger partial charge is 0.174 e. The summed E-state index contributed by atoms with van der Waals surface area (Å²) < 4.78 is 1.80. The molecule has 0 fully saturated rings. The molecule has 23 heavy (non-hydrogen) atoms. The van der Waals surface area contributed by atoms with E-state index in [0.717, 1.165) is 17.0 Å². The molecule has 0 aliphatic rings. The van der Waals surface area contributed by atoms with Crippen molar-refractivity contribution in [2.75, 3.05) is 0 Å². The first-order valence-electron chi connectivity index (χ1n) is 7.16. The summed E-state index contributed by atoms with van der Waals surface area (Å²) in [4.78, 5) is 6.06. The van der Waals surface area contributed by atoms with Gasteiger partial charge >= 0.3 is 0 Å². The number of rotatable bonds is 5. The van der Waals surface area contributed by atoms with E-state index >= 15 is 0 Å². The first kappa shape index (κ1) is 14.6. The Balaban J connectivity index is 1.93. The van der Waals surface area contributed by atoms with E-state index in [-0.39, 0.29) is 0 Å². The van der Waals surface area contributed by atoms with E-state index in [4.69, 9.17) is 0 Å². The Bertz CT molecular complexity index is 855. The molecule has 0 spiro atoms. The second kappa shape index (κ2) is 6.65. The van der Waals surface area contributed by atoms with E-state index < -0.39 is 0 Å². The van der Waals surface area contributed by atoms with Gasteiger partial charge in [-0.05, 0) is 25.1 Å². The van der Waals surface area contributed by atoms with Gasteiger partial charge in [0.1, 0.15) is 0 Å². The molecule has 0 saturated carbocycles. The molecule has 0 saturated heterocycles. The number of hydrogen-bond donors (Lipinski definition) is 0. The van der Waals surface area contributed by atoms with Crippen LogP contribution >= 0.6 is 0 Å². The molecule has 6 heteroatoms. The summed E-state index contributed by atoms with van der Waals surface area (Å²) in [6.07, 6.45) is 14.5. The number of aromatic nitrogens is 6. The highest BCUT2D eigenvalue weighted by Gasteiger charge is 2.07. The molecule has 114 valence electrons. The van der Waals surface area contributed by atoms with Crippen LogP contribution in [-0.4, -0.2) is 29.8 Å². The van der Waals surface area contributed by atoms with E-state index in [9.17, 15) is 0 Å². The monoisotopic (exact) mass is 304 g/mol. The summed E-state index contributed by atoms with van der Waals surface area (Å²) in [5, 5.41) is 12.6. The highest BCUT2D eigenvalue weighted by molar-refractivity contribution is 5.62. The maximum absolute atomic E-state index is 4.58. The predicted molar refractivity (Wildman–Crippen MR) is 89.7 cm³/mol. The molecular weight excluding hydrogens is 288 g/mol. The third kappa shape index (κ3) is 3.16. The average molecular weight is 304 g/mol. The molecular formula is C17H16N6. The molecule has 0 aromatic carbocycles. The second-order valence-electron chi connectivity index (χ2n) is 4.68. The number of pyridine rings is 1. The molecule has 0 amide bonds. The van der Waals surface area contributed by atoms with Crippen LogP contribution in [0.3, 0.4) is 0 Å². The van der Waals surface area contributed by atoms with Crippen molar-refractivity contribution in [1.82, 2.24) is 29.8 Å². The lowest BCUT2D eigenvalue weighted by molar-refractivity contribution is 0.730. The minimum absolute atomic E-state index is 0.665. The summed E-state index contributed by atoms with van der Waals surface area (Å²) in [7, 11) is 0. The Hall–Kier alpha value is -3.28. The lowest BCUT2D eigenvalue weighted by atomic mass is 10.2. The summed E-state index contributed by atoms with van der Waals surface area (Å²) in [6.45, 7) is 5.64. The van der Waals surface area contributed by atoms with Gasteiger partial charge in [0.15, 0.2) is 5.82 Å². The van der Waals surface area contributed by atoms with Crippen molar-refractivity contribution in [3.05, 3.63) is 73.9 Å². The van der Waals surface area contributed by atoms with E-state index in [1.165, 1.54) is 4.80 Å². The van der Waals surface area contributed by atoms with Crippen molar-refractivity contribution < 1.29 is 0 Å². The standard InChI is InChI=1S/C17H16N6/c1-3-5-7-15(4-2)22-13-14(12-20-22)16-8-6-9-17(21-16)23-18-10-11-19-23/h3-13H,1H2,2H3. The van der Waals surface area contributed by atoms with Crippen LogP contribution < -0.4 is 0 Å². The normalized spacial score (nSPS) is 12.0.